The maximum Gasteiger partial charge on any atom is 0.284 e. The number of hydrogen-bond acceptors (Lipinski definition) is 4. The standard InChI is InChI=1S/C13H13F2N3O3S/c1-7-11(12(13(14)15)17-16-7)18-22(19,20)9-2-3-10-8(6-9)4-5-21-10/h2-3,6,13,18H,4-5H2,1H3,(H,16,17). The lowest BCUT2D eigenvalue weighted by Crippen LogP contribution is -2.14. The van der Waals surface area contributed by atoms with E-state index in [4.69, 9.17) is 4.74 Å². The topological polar surface area (TPSA) is 84.1 Å². The zero-order chi connectivity index (χ0) is 15.9. The average molecular weight is 329 g/mol. The Morgan fingerprint density at radius 3 is 2.91 bits per heavy atom. The Morgan fingerprint density at radius 1 is 1.41 bits per heavy atom. The van der Waals surface area contributed by atoms with Crippen LogP contribution in [0, 0.1) is 6.92 Å². The van der Waals surface area contributed by atoms with Gasteiger partial charge in [-0.1, -0.05) is 0 Å². The van der Waals surface area contributed by atoms with Crippen molar-refractivity contribution < 1.29 is 21.9 Å². The van der Waals surface area contributed by atoms with Gasteiger partial charge in [0.25, 0.3) is 16.4 Å². The molecule has 0 atom stereocenters. The van der Waals surface area contributed by atoms with Gasteiger partial charge in [0.05, 0.1) is 22.9 Å². The molecule has 1 aromatic carbocycles. The number of fused-ring (bicyclic) bond motifs is 1. The minimum Gasteiger partial charge on any atom is -0.493 e. The number of halogens is 2. The zero-order valence-electron chi connectivity index (χ0n) is 11.6. The molecule has 0 radical (unpaired) electrons. The predicted molar refractivity (Wildman–Crippen MR) is 74.7 cm³/mol. The molecule has 6 nitrogen and oxygen atoms in total. The van der Waals surface area contributed by atoms with Crippen LogP contribution in [0.25, 0.3) is 0 Å². The third kappa shape index (κ3) is 2.52. The van der Waals surface area contributed by atoms with Gasteiger partial charge in [0.2, 0.25) is 0 Å². The molecule has 2 aromatic rings. The van der Waals surface area contributed by atoms with Crippen LogP contribution in [0.4, 0.5) is 14.5 Å². The molecule has 3 rings (SSSR count). The second kappa shape index (κ2) is 5.24. The lowest BCUT2D eigenvalue weighted by atomic mass is 10.2. The molecule has 0 saturated heterocycles. The largest absolute Gasteiger partial charge is 0.493 e. The van der Waals surface area contributed by atoms with Crippen molar-refractivity contribution in [1.29, 1.82) is 0 Å². The first-order valence-corrected chi connectivity index (χ1v) is 7.98. The summed E-state index contributed by atoms with van der Waals surface area (Å²) in [4.78, 5) is -0.00225. The Balaban J connectivity index is 1.96. The van der Waals surface area contributed by atoms with E-state index >= 15 is 0 Å². The summed E-state index contributed by atoms with van der Waals surface area (Å²) in [5, 5.41) is 5.79. The van der Waals surface area contributed by atoms with Crippen molar-refractivity contribution in [3.05, 3.63) is 35.2 Å². The monoisotopic (exact) mass is 329 g/mol. The van der Waals surface area contributed by atoms with Crippen molar-refractivity contribution in [2.24, 2.45) is 0 Å². The predicted octanol–water partition coefficient (Wildman–Crippen LogP) is 2.39. The molecule has 1 aliphatic heterocycles. The molecule has 9 heteroatoms. The van der Waals surface area contributed by atoms with Crippen LogP contribution >= 0.6 is 0 Å². The van der Waals surface area contributed by atoms with Crippen LogP contribution in [0.5, 0.6) is 5.75 Å². The van der Waals surface area contributed by atoms with E-state index in [0.717, 1.165) is 5.56 Å². The number of nitrogens with zero attached hydrogens (tertiary/aromatic N) is 1. The summed E-state index contributed by atoms with van der Waals surface area (Å²) in [5.74, 6) is 0.645. The summed E-state index contributed by atoms with van der Waals surface area (Å²) in [7, 11) is -3.98. The Kier molecular flexibility index (Phi) is 3.51. The minimum atomic E-state index is -3.98. The first kappa shape index (κ1) is 14.8. The maximum absolute atomic E-state index is 12.9. The number of hydrogen-bond donors (Lipinski definition) is 2. The Bertz CT molecular complexity index is 818. The molecule has 1 aromatic heterocycles. The number of aromatic amines is 1. The Labute approximate surface area is 125 Å². The van der Waals surface area contributed by atoms with Gasteiger partial charge in [0, 0.05) is 6.42 Å². The van der Waals surface area contributed by atoms with E-state index in [1.807, 2.05) is 0 Å². The third-order valence-electron chi connectivity index (χ3n) is 3.39. The van der Waals surface area contributed by atoms with Crippen LogP contribution in [0.3, 0.4) is 0 Å². The smallest absolute Gasteiger partial charge is 0.284 e. The fourth-order valence-corrected chi connectivity index (χ4v) is 3.45. The van der Waals surface area contributed by atoms with Crippen LogP contribution in [0.15, 0.2) is 23.1 Å². The SMILES string of the molecule is Cc1[nH]nc(C(F)F)c1NS(=O)(=O)c1ccc2c(c1)CCO2. The quantitative estimate of drug-likeness (QED) is 0.902. The highest BCUT2D eigenvalue weighted by atomic mass is 32.2. The summed E-state index contributed by atoms with van der Waals surface area (Å²) in [6, 6.07) is 4.43. The number of alkyl halides is 2. The van der Waals surface area contributed by atoms with E-state index in [2.05, 4.69) is 14.9 Å². The number of anilines is 1. The van der Waals surface area contributed by atoms with E-state index in [1.54, 1.807) is 6.07 Å². The normalized spacial score (nSPS) is 14.0. The Hall–Kier alpha value is -2.16. The molecule has 0 spiro atoms. The molecule has 1 aliphatic rings. The second-order valence-electron chi connectivity index (χ2n) is 4.88. The summed E-state index contributed by atoms with van der Waals surface area (Å²) < 4.78 is 58.0. The lowest BCUT2D eigenvalue weighted by Gasteiger charge is -2.10. The van der Waals surface area contributed by atoms with Crippen molar-refractivity contribution in [3.63, 3.8) is 0 Å². The number of rotatable bonds is 4. The molecule has 2 N–H and O–H groups in total. The van der Waals surface area contributed by atoms with Crippen molar-refractivity contribution in [1.82, 2.24) is 10.2 Å². The van der Waals surface area contributed by atoms with Crippen LogP contribution in [-0.2, 0) is 16.4 Å². The van der Waals surface area contributed by atoms with Gasteiger partial charge in [-0.25, -0.2) is 17.2 Å². The number of aromatic nitrogens is 2. The summed E-state index contributed by atoms with van der Waals surface area (Å²) in [6.07, 6.45) is -2.26. The van der Waals surface area contributed by atoms with Gasteiger partial charge < -0.3 is 4.74 Å². The number of sulfonamides is 1. The molecule has 0 fully saturated rings. The fourth-order valence-electron chi connectivity index (χ4n) is 2.26. The van der Waals surface area contributed by atoms with Crippen molar-refractivity contribution in [3.8, 4) is 5.75 Å². The van der Waals surface area contributed by atoms with Gasteiger partial charge in [0.15, 0.2) is 5.69 Å². The first-order valence-electron chi connectivity index (χ1n) is 6.50. The highest BCUT2D eigenvalue weighted by molar-refractivity contribution is 7.92. The van der Waals surface area contributed by atoms with Gasteiger partial charge in [-0.2, -0.15) is 5.10 Å². The minimum absolute atomic E-state index is 0.00225. The number of nitrogens with one attached hydrogen (secondary N) is 2. The molecule has 0 aliphatic carbocycles. The molecule has 118 valence electrons. The molecular formula is C13H13F2N3O3S. The van der Waals surface area contributed by atoms with Crippen molar-refractivity contribution in [2.45, 2.75) is 24.7 Å². The highest BCUT2D eigenvalue weighted by Gasteiger charge is 2.25. The first-order chi connectivity index (χ1) is 10.4. The highest BCUT2D eigenvalue weighted by Crippen LogP contribution is 2.31. The van der Waals surface area contributed by atoms with E-state index < -0.39 is 22.1 Å². The molecule has 0 saturated carbocycles. The summed E-state index contributed by atoms with van der Waals surface area (Å²) in [5.41, 5.74) is 0.168. The van der Waals surface area contributed by atoms with Crippen LogP contribution in [-0.4, -0.2) is 25.2 Å². The van der Waals surface area contributed by atoms with E-state index in [0.29, 0.717) is 18.8 Å². The molecular weight excluding hydrogens is 316 g/mol. The average Bonchev–Trinajstić information content (AvgIpc) is 3.05. The molecule has 2 heterocycles. The van der Waals surface area contributed by atoms with Gasteiger partial charge in [0.1, 0.15) is 5.75 Å². The van der Waals surface area contributed by atoms with Crippen LogP contribution in [0.1, 0.15) is 23.4 Å². The number of benzene rings is 1. The van der Waals surface area contributed by atoms with E-state index in [-0.39, 0.29) is 16.3 Å². The van der Waals surface area contributed by atoms with Gasteiger partial charge in [-0.15, -0.1) is 0 Å². The van der Waals surface area contributed by atoms with Crippen molar-refractivity contribution in [2.75, 3.05) is 11.3 Å². The van der Waals surface area contributed by atoms with Gasteiger partial charge in [-0.05, 0) is 30.7 Å². The number of aryl methyl sites for hydroxylation is 1. The third-order valence-corrected chi connectivity index (χ3v) is 4.74. The summed E-state index contributed by atoms with van der Waals surface area (Å²) in [6.45, 7) is 1.97. The molecule has 0 bridgehead atoms. The molecule has 0 amide bonds. The van der Waals surface area contributed by atoms with E-state index in [1.165, 1.54) is 19.1 Å². The second-order valence-corrected chi connectivity index (χ2v) is 6.57. The number of ether oxygens (including phenoxy) is 1. The maximum atomic E-state index is 12.9. The zero-order valence-corrected chi connectivity index (χ0v) is 12.4. The van der Waals surface area contributed by atoms with Gasteiger partial charge in [-0.3, -0.25) is 9.82 Å². The molecule has 22 heavy (non-hydrogen) atoms. The Morgan fingerprint density at radius 2 is 2.18 bits per heavy atom. The van der Waals surface area contributed by atoms with Gasteiger partial charge >= 0.3 is 0 Å². The van der Waals surface area contributed by atoms with Crippen molar-refractivity contribution >= 4 is 15.7 Å². The lowest BCUT2D eigenvalue weighted by molar-refractivity contribution is 0.147. The fraction of sp³-hybridized carbons (Fsp3) is 0.308. The number of H-pyrrole nitrogens is 1. The summed E-state index contributed by atoms with van der Waals surface area (Å²) >= 11 is 0. The van der Waals surface area contributed by atoms with Crippen LogP contribution < -0.4 is 9.46 Å². The van der Waals surface area contributed by atoms with E-state index in [9.17, 15) is 17.2 Å². The van der Waals surface area contributed by atoms with Crippen LogP contribution in [0.2, 0.25) is 0 Å². The molecule has 0 unspecified atom stereocenters.